The summed E-state index contributed by atoms with van der Waals surface area (Å²) in [5.41, 5.74) is 2.15. The standard InChI is InChI=1S/C13H16ClN5OS/c1-7(9-5-16-19(3)8(9)2)17-12(20)11-10(14)6-15-13(18-11)21-4/h5-7H,1-4H3,(H,17,20). The second-order valence-corrected chi connectivity index (χ2v) is 5.74. The van der Waals surface area contributed by atoms with Crippen LogP contribution in [0.5, 0.6) is 0 Å². The van der Waals surface area contributed by atoms with Crippen LogP contribution < -0.4 is 5.32 Å². The number of halogens is 1. The summed E-state index contributed by atoms with van der Waals surface area (Å²) in [6, 6.07) is -0.185. The van der Waals surface area contributed by atoms with Crippen molar-refractivity contribution in [1.82, 2.24) is 25.1 Å². The van der Waals surface area contributed by atoms with Gasteiger partial charge in [-0.3, -0.25) is 9.48 Å². The lowest BCUT2D eigenvalue weighted by molar-refractivity contribution is 0.0934. The lowest BCUT2D eigenvalue weighted by atomic mass is 10.1. The number of thioether (sulfide) groups is 1. The number of hydrogen-bond donors (Lipinski definition) is 1. The van der Waals surface area contributed by atoms with E-state index in [0.29, 0.717) is 5.16 Å². The highest BCUT2D eigenvalue weighted by Crippen LogP contribution is 2.19. The summed E-state index contributed by atoms with van der Waals surface area (Å²) in [6.45, 7) is 3.85. The largest absolute Gasteiger partial charge is 0.344 e. The Bertz CT molecular complexity index is 673. The Morgan fingerprint density at radius 1 is 1.48 bits per heavy atom. The fraction of sp³-hybridized carbons (Fsp3) is 0.385. The summed E-state index contributed by atoms with van der Waals surface area (Å²) in [5, 5.41) is 7.80. The van der Waals surface area contributed by atoms with Gasteiger partial charge in [-0.2, -0.15) is 5.10 Å². The summed E-state index contributed by atoms with van der Waals surface area (Å²) < 4.78 is 1.77. The molecule has 112 valence electrons. The SMILES string of the molecule is CSc1ncc(Cl)c(C(=O)NC(C)c2cnn(C)c2C)n1. The molecule has 8 heteroatoms. The van der Waals surface area contributed by atoms with Gasteiger partial charge in [-0.1, -0.05) is 23.4 Å². The number of nitrogens with zero attached hydrogens (tertiary/aromatic N) is 4. The molecule has 2 heterocycles. The quantitative estimate of drug-likeness (QED) is 0.690. The molecule has 2 aromatic heterocycles. The molecule has 0 aromatic carbocycles. The fourth-order valence-corrected chi connectivity index (χ4v) is 2.41. The first-order valence-corrected chi connectivity index (χ1v) is 7.90. The van der Waals surface area contributed by atoms with E-state index in [9.17, 15) is 4.79 Å². The smallest absolute Gasteiger partial charge is 0.272 e. The maximum atomic E-state index is 12.3. The molecule has 0 aliphatic rings. The summed E-state index contributed by atoms with van der Waals surface area (Å²) in [7, 11) is 1.86. The van der Waals surface area contributed by atoms with Gasteiger partial charge in [0.15, 0.2) is 10.9 Å². The van der Waals surface area contributed by atoms with Gasteiger partial charge in [-0.15, -0.1) is 0 Å². The molecule has 6 nitrogen and oxygen atoms in total. The number of carbonyl (C=O) groups excluding carboxylic acids is 1. The predicted molar refractivity (Wildman–Crippen MR) is 82.6 cm³/mol. The number of aryl methyl sites for hydroxylation is 1. The van der Waals surface area contributed by atoms with Crippen molar-refractivity contribution in [3.63, 3.8) is 0 Å². The number of nitrogens with one attached hydrogen (secondary N) is 1. The Kier molecular flexibility index (Phi) is 4.84. The molecule has 0 saturated heterocycles. The van der Waals surface area contributed by atoms with Gasteiger partial charge in [0.1, 0.15) is 0 Å². The van der Waals surface area contributed by atoms with Crippen molar-refractivity contribution in [1.29, 1.82) is 0 Å². The Morgan fingerprint density at radius 2 is 2.19 bits per heavy atom. The van der Waals surface area contributed by atoms with Crippen molar-refractivity contribution in [3.8, 4) is 0 Å². The molecule has 2 rings (SSSR count). The Balaban J connectivity index is 2.20. The predicted octanol–water partition coefficient (Wildman–Crippen LogP) is 2.38. The number of aromatic nitrogens is 4. The number of hydrogen-bond acceptors (Lipinski definition) is 5. The van der Waals surface area contributed by atoms with Gasteiger partial charge >= 0.3 is 0 Å². The number of carbonyl (C=O) groups is 1. The molecule has 0 saturated carbocycles. The maximum absolute atomic E-state index is 12.3. The van der Waals surface area contributed by atoms with Gasteiger partial charge in [0.05, 0.1) is 23.5 Å². The molecule has 1 amide bonds. The van der Waals surface area contributed by atoms with Crippen LogP contribution in [-0.2, 0) is 7.05 Å². The van der Waals surface area contributed by atoms with Crippen molar-refractivity contribution in [2.75, 3.05) is 6.26 Å². The second kappa shape index (κ2) is 6.44. The topological polar surface area (TPSA) is 72.7 Å². The minimum Gasteiger partial charge on any atom is -0.344 e. The average Bonchev–Trinajstić information content (AvgIpc) is 2.79. The van der Waals surface area contributed by atoms with Gasteiger partial charge in [-0.25, -0.2) is 9.97 Å². The summed E-state index contributed by atoms with van der Waals surface area (Å²) in [6.07, 6.45) is 5.02. The third-order valence-electron chi connectivity index (χ3n) is 3.21. The zero-order chi connectivity index (χ0) is 15.6. The first kappa shape index (κ1) is 15.8. The Hall–Kier alpha value is -1.60. The van der Waals surface area contributed by atoms with Gasteiger partial charge in [0.2, 0.25) is 0 Å². The highest BCUT2D eigenvalue weighted by Gasteiger charge is 2.19. The highest BCUT2D eigenvalue weighted by molar-refractivity contribution is 7.98. The Morgan fingerprint density at radius 3 is 2.76 bits per heavy atom. The molecular weight excluding hydrogens is 310 g/mol. The number of rotatable bonds is 4. The third kappa shape index (κ3) is 3.36. The van der Waals surface area contributed by atoms with E-state index in [1.54, 1.807) is 10.9 Å². The first-order chi connectivity index (χ1) is 9.93. The van der Waals surface area contributed by atoms with Gasteiger partial charge in [0.25, 0.3) is 5.91 Å². The summed E-state index contributed by atoms with van der Waals surface area (Å²) >= 11 is 7.36. The van der Waals surface area contributed by atoms with Crippen LogP contribution in [0.4, 0.5) is 0 Å². The highest BCUT2D eigenvalue weighted by atomic mass is 35.5. The second-order valence-electron chi connectivity index (χ2n) is 4.56. The molecule has 0 aliphatic heterocycles. The van der Waals surface area contributed by atoms with Crippen molar-refractivity contribution in [2.24, 2.45) is 7.05 Å². The van der Waals surface area contributed by atoms with Crippen LogP contribution in [0.1, 0.15) is 34.7 Å². The van der Waals surface area contributed by atoms with Crippen LogP contribution >= 0.6 is 23.4 Å². The summed E-state index contributed by atoms with van der Waals surface area (Å²) in [4.78, 5) is 20.5. The molecule has 1 atom stereocenters. The van der Waals surface area contributed by atoms with Crippen LogP contribution in [0.25, 0.3) is 0 Å². The van der Waals surface area contributed by atoms with E-state index >= 15 is 0 Å². The average molecular weight is 326 g/mol. The first-order valence-electron chi connectivity index (χ1n) is 6.30. The zero-order valence-corrected chi connectivity index (χ0v) is 13.8. The summed E-state index contributed by atoms with van der Waals surface area (Å²) in [5.74, 6) is -0.326. The van der Waals surface area contributed by atoms with Crippen LogP contribution in [0.2, 0.25) is 5.02 Å². The van der Waals surface area contributed by atoms with E-state index in [-0.39, 0.29) is 22.7 Å². The van der Waals surface area contributed by atoms with E-state index in [1.807, 2.05) is 27.2 Å². The molecule has 0 fully saturated rings. The fourth-order valence-electron chi connectivity index (χ4n) is 1.89. The van der Waals surface area contributed by atoms with E-state index in [2.05, 4.69) is 20.4 Å². The van der Waals surface area contributed by atoms with Crippen molar-refractivity contribution in [3.05, 3.63) is 34.4 Å². The number of amides is 1. The lowest BCUT2D eigenvalue weighted by Crippen LogP contribution is -2.28. The molecule has 1 unspecified atom stereocenters. The van der Waals surface area contributed by atoms with Crippen molar-refractivity contribution in [2.45, 2.75) is 25.0 Å². The molecular formula is C13H16ClN5OS. The normalized spacial score (nSPS) is 12.2. The van der Waals surface area contributed by atoms with E-state index < -0.39 is 0 Å². The van der Waals surface area contributed by atoms with Gasteiger partial charge in [0, 0.05) is 18.3 Å². The molecule has 0 bridgehead atoms. The molecule has 0 radical (unpaired) electrons. The van der Waals surface area contributed by atoms with E-state index in [0.717, 1.165) is 11.3 Å². The van der Waals surface area contributed by atoms with Crippen LogP contribution in [0, 0.1) is 6.92 Å². The van der Waals surface area contributed by atoms with Crippen LogP contribution in [-0.4, -0.2) is 31.9 Å². The Labute approximate surface area is 132 Å². The minimum atomic E-state index is -0.326. The zero-order valence-electron chi connectivity index (χ0n) is 12.2. The third-order valence-corrected chi connectivity index (χ3v) is 4.05. The maximum Gasteiger partial charge on any atom is 0.272 e. The molecule has 1 N–H and O–H groups in total. The van der Waals surface area contributed by atoms with Crippen molar-refractivity contribution < 1.29 is 4.79 Å². The van der Waals surface area contributed by atoms with Crippen molar-refractivity contribution >= 4 is 29.3 Å². The molecule has 2 aromatic rings. The van der Waals surface area contributed by atoms with E-state index in [1.165, 1.54) is 18.0 Å². The molecule has 0 spiro atoms. The van der Waals surface area contributed by atoms with Crippen LogP contribution in [0.15, 0.2) is 17.6 Å². The molecule has 0 aliphatic carbocycles. The monoisotopic (exact) mass is 325 g/mol. The lowest BCUT2D eigenvalue weighted by Gasteiger charge is -2.14. The van der Waals surface area contributed by atoms with Gasteiger partial charge in [-0.05, 0) is 20.1 Å². The molecule has 21 heavy (non-hydrogen) atoms. The van der Waals surface area contributed by atoms with Crippen LogP contribution in [0.3, 0.4) is 0 Å². The minimum absolute atomic E-state index is 0.185. The van der Waals surface area contributed by atoms with Gasteiger partial charge < -0.3 is 5.32 Å². The van der Waals surface area contributed by atoms with E-state index in [4.69, 9.17) is 11.6 Å².